The first-order valence-electron chi connectivity index (χ1n) is 9.17. The van der Waals surface area contributed by atoms with Gasteiger partial charge in [0.1, 0.15) is 12.7 Å². The highest BCUT2D eigenvalue weighted by atomic mass is 16.4. The molecule has 1 fully saturated rings. The van der Waals surface area contributed by atoms with Gasteiger partial charge in [0.05, 0.1) is 16.8 Å². The van der Waals surface area contributed by atoms with Crippen molar-refractivity contribution in [2.75, 3.05) is 13.1 Å². The van der Waals surface area contributed by atoms with Gasteiger partial charge in [-0.1, -0.05) is 24.3 Å². The summed E-state index contributed by atoms with van der Waals surface area (Å²) in [6.07, 6.45) is 4.79. The van der Waals surface area contributed by atoms with E-state index in [0.717, 1.165) is 24.1 Å². The van der Waals surface area contributed by atoms with E-state index in [1.54, 1.807) is 23.1 Å². The number of amides is 1. The Morgan fingerprint density at radius 1 is 1.11 bits per heavy atom. The molecule has 7 nitrogen and oxygen atoms in total. The third-order valence-electron chi connectivity index (χ3n) is 5.10. The molecule has 0 aliphatic carbocycles. The van der Waals surface area contributed by atoms with Crippen LogP contribution in [0.5, 0.6) is 0 Å². The van der Waals surface area contributed by atoms with Crippen LogP contribution in [0.3, 0.4) is 0 Å². The summed E-state index contributed by atoms with van der Waals surface area (Å²) in [4.78, 5) is 29.9. The Labute approximate surface area is 162 Å². The van der Waals surface area contributed by atoms with Crippen LogP contribution in [0, 0.1) is 5.92 Å². The summed E-state index contributed by atoms with van der Waals surface area (Å²) in [6.45, 7) is 1.40. The lowest BCUT2D eigenvalue weighted by atomic mass is 9.98. The molecule has 1 atom stereocenters. The van der Waals surface area contributed by atoms with Gasteiger partial charge in [-0.25, -0.2) is 14.5 Å². The van der Waals surface area contributed by atoms with Crippen LogP contribution in [-0.4, -0.2) is 49.7 Å². The zero-order chi connectivity index (χ0) is 19.5. The Morgan fingerprint density at radius 3 is 2.61 bits per heavy atom. The van der Waals surface area contributed by atoms with Crippen LogP contribution in [0.15, 0.2) is 61.2 Å². The zero-order valence-electron chi connectivity index (χ0n) is 15.2. The van der Waals surface area contributed by atoms with Crippen molar-refractivity contribution in [2.45, 2.75) is 12.8 Å². The number of hydrogen-bond donors (Lipinski definition) is 1. The van der Waals surface area contributed by atoms with Crippen LogP contribution in [0.1, 0.15) is 32.7 Å². The fraction of sp³-hybridized carbons (Fsp3) is 0.238. The summed E-state index contributed by atoms with van der Waals surface area (Å²) in [7, 11) is 0. The number of rotatable bonds is 5. The molecule has 1 aliphatic heterocycles. The lowest BCUT2D eigenvalue weighted by Crippen LogP contribution is -2.30. The van der Waals surface area contributed by atoms with Crippen molar-refractivity contribution in [3.8, 4) is 5.69 Å². The Bertz CT molecular complexity index is 983. The molecule has 142 valence electrons. The van der Waals surface area contributed by atoms with Crippen LogP contribution in [0.2, 0.25) is 0 Å². The summed E-state index contributed by atoms with van der Waals surface area (Å²) in [5, 5.41) is 13.1. The predicted molar refractivity (Wildman–Crippen MR) is 102 cm³/mol. The summed E-state index contributed by atoms with van der Waals surface area (Å²) in [6, 6.07) is 14.4. The molecule has 2 heterocycles. The van der Waals surface area contributed by atoms with Crippen molar-refractivity contribution in [2.24, 2.45) is 5.92 Å². The van der Waals surface area contributed by atoms with Gasteiger partial charge in [0.2, 0.25) is 0 Å². The maximum Gasteiger partial charge on any atom is 0.335 e. The van der Waals surface area contributed by atoms with Crippen LogP contribution in [0.4, 0.5) is 0 Å². The maximum atomic E-state index is 13.1. The lowest BCUT2D eigenvalue weighted by Gasteiger charge is -2.18. The summed E-state index contributed by atoms with van der Waals surface area (Å²) >= 11 is 0. The fourth-order valence-electron chi connectivity index (χ4n) is 3.66. The molecule has 1 N–H and O–H groups in total. The second-order valence-corrected chi connectivity index (χ2v) is 6.97. The quantitative estimate of drug-likeness (QED) is 0.740. The minimum absolute atomic E-state index is 0.00479. The lowest BCUT2D eigenvalue weighted by molar-refractivity contribution is 0.0696. The Kier molecular flexibility index (Phi) is 4.89. The molecule has 0 spiro atoms. The van der Waals surface area contributed by atoms with E-state index in [9.17, 15) is 9.59 Å². The predicted octanol–water partition coefficient (Wildman–Crippen LogP) is 2.67. The van der Waals surface area contributed by atoms with E-state index in [1.807, 2.05) is 41.3 Å². The molecule has 7 heteroatoms. The summed E-state index contributed by atoms with van der Waals surface area (Å²) in [5.74, 6) is -0.566. The smallest absolute Gasteiger partial charge is 0.335 e. The van der Waals surface area contributed by atoms with E-state index in [2.05, 4.69) is 10.1 Å². The van der Waals surface area contributed by atoms with Gasteiger partial charge in [0.25, 0.3) is 5.91 Å². The second-order valence-electron chi connectivity index (χ2n) is 6.97. The standard InChI is InChI=1S/C21H20N4O3/c26-20(18-3-1-2-4-19(18)25-14-22-13-23-25)24-10-9-16(12-24)11-15-5-7-17(8-6-15)21(27)28/h1-8,13-14,16H,9-12H2,(H,27,28). The molecule has 28 heavy (non-hydrogen) atoms. The van der Waals surface area contributed by atoms with Crippen molar-refractivity contribution in [1.82, 2.24) is 19.7 Å². The van der Waals surface area contributed by atoms with Gasteiger partial charge in [-0.15, -0.1) is 0 Å². The molecular formula is C21H20N4O3. The monoisotopic (exact) mass is 376 g/mol. The molecular weight excluding hydrogens is 356 g/mol. The van der Waals surface area contributed by atoms with Crippen LogP contribution in [0.25, 0.3) is 5.69 Å². The van der Waals surface area contributed by atoms with Gasteiger partial charge < -0.3 is 10.0 Å². The fourth-order valence-corrected chi connectivity index (χ4v) is 3.66. The first-order valence-corrected chi connectivity index (χ1v) is 9.17. The molecule has 3 aromatic rings. The molecule has 0 saturated carbocycles. The molecule has 1 aliphatic rings. The minimum Gasteiger partial charge on any atom is -0.478 e. The van der Waals surface area contributed by atoms with E-state index >= 15 is 0 Å². The third-order valence-corrected chi connectivity index (χ3v) is 5.10. The van der Waals surface area contributed by atoms with Crippen molar-refractivity contribution in [3.05, 3.63) is 77.9 Å². The molecule has 1 unspecified atom stereocenters. The Hall–Kier alpha value is -3.48. The normalized spacial score (nSPS) is 16.3. The highest BCUT2D eigenvalue weighted by molar-refractivity contribution is 5.97. The highest BCUT2D eigenvalue weighted by Crippen LogP contribution is 2.24. The number of likely N-dealkylation sites (tertiary alicyclic amines) is 1. The van der Waals surface area contributed by atoms with E-state index < -0.39 is 5.97 Å². The topological polar surface area (TPSA) is 88.3 Å². The average molecular weight is 376 g/mol. The molecule has 1 aromatic heterocycles. The number of nitrogens with zero attached hydrogens (tertiary/aromatic N) is 4. The average Bonchev–Trinajstić information content (AvgIpc) is 3.40. The van der Waals surface area contributed by atoms with Crippen LogP contribution in [-0.2, 0) is 6.42 Å². The zero-order valence-corrected chi connectivity index (χ0v) is 15.2. The van der Waals surface area contributed by atoms with Gasteiger partial charge in [0, 0.05) is 13.1 Å². The Balaban J connectivity index is 1.45. The summed E-state index contributed by atoms with van der Waals surface area (Å²) in [5.41, 5.74) is 2.71. The first-order chi connectivity index (χ1) is 13.6. The first kappa shape index (κ1) is 17.9. The number of aromatic carboxylic acids is 1. The SMILES string of the molecule is O=C(O)c1ccc(CC2CCN(C(=O)c3ccccc3-n3cncn3)C2)cc1. The molecule has 1 amide bonds. The third kappa shape index (κ3) is 3.64. The van der Waals surface area contributed by atoms with Crippen molar-refractivity contribution in [1.29, 1.82) is 0 Å². The minimum atomic E-state index is -0.921. The van der Waals surface area contributed by atoms with Crippen molar-refractivity contribution >= 4 is 11.9 Å². The summed E-state index contributed by atoms with van der Waals surface area (Å²) < 4.78 is 1.60. The molecule has 1 saturated heterocycles. The number of benzene rings is 2. The maximum absolute atomic E-state index is 13.1. The number of carbonyl (C=O) groups excluding carboxylic acids is 1. The molecule has 0 radical (unpaired) electrons. The van der Waals surface area contributed by atoms with Gasteiger partial charge in [-0.3, -0.25) is 4.79 Å². The van der Waals surface area contributed by atoms with E-state index in [0.29, 0.717) is 24.6 Å². The number of hydrogen-bond acceptors (Lipinski definition) is 4. The molecule has 4 rings (SSSR count). The number of carboxylic acid groups (broad SMARTS) is 1. The van der Waals surface area contributed by atoms with E-state index in [4.69, 9.17) is 5.11 Å². The van der Waals surface area contributed by atoms with Gasteiger partial charge in [-0.05, 0) is 48.6 Å². The number of carbonyl (C=O) groups is 2. The highest BCUT2D eigenvalue weighted by Gasteiger charge is 2.28. The largest absolute Gasteiger partial charge is 0.478 e. The number of para-hydroxylation sites is 1. The van der Waals surface area contributed by atoms with E-state index in [-0.39, 0.29) is 11.5 Å². The van der Waals surface area contributed by atoms with Gasteiger partial charge >= 0.3 is 5.97 Å². The van der Waals surface area contributed by atoms with E-state index in [1.165, 1.54) is 6.33 Å². The number of aromatic nitrogens is 3. The molecule has 0 bridgehead atoms. The Morgan fingerprint density at radius 2 is 1.89 bits per heavy atom. The van der Waals surface area contributed by atoms with Gasteiger partial charge in [0.15, 0.2) is 0 Å². The molecule has 2 aromatic carbocycles. The van der Waals surface area contributed by atoms with Crippen LogP contribution >= 0.6 is 0 Å². The van der Waals surface area contributed by atoms with Crippen molar-refractivity contribution in [3.63, 3.8) is 0 Å². The second kappa shape index (κ2) is 7.64. The van der Waals surface area contributed by atoms with Crippen LogP contribution < -0.4 is 0 Å². The van der Waals surface area contributed by atoms with Gasteiger partial charge in [-0.2, -0.15) is 5.10 Å². The van der Waals surface area contributed by atoms with Crippen molar-refractivity contribution < 1.29 is 14.7 Å². The number of carboxylic acids is 1.